The first-order valence-electron chi connectivity index (χ1n) is 7.32. The Morgan fingerprint density at radius 3 is 2.61 bits per heavy atom. The van der Waals surface area contributed by atoms with Crippen molar-refractivity contribution in [3.8, 4) is 0 Å². The Balaban J connectivity index is 1.70. The van der Waals surface area contributed by atoms with Gasteiger partial charge in [0.1, 0.15) is 0 Å². The average Bonchev–Trinajstić information content (AvgIpc) is 2.90. The molecule has 1 atom stereocenters. The first kappa shape index (κ1) is 13.7. The van der Waals surface area contributed by atoms with Gasteiger partial charge in [-0.1, -0.05) is 13.8 Å². The van der Waals surface area contributed by atoms with Gasteiger partial charge in [0.25, 0.3) is 0 Å². The minimum atomic E-state index is -0.124. The summed E-state index contributed by atoms with van der Waals surface area (Å²) in [5, 5.41) is 3.58. The van der Waals surface area contributed by atoms with Crippen LogP contribution in [-0.2, 0) is 4.74 Å². The molecule has 104 valence electrons. The lowest BCUT2D eigenvalue weighted by Crippen LogP contribution is -2.43. The van der Waals surface area contributed by atoms with Crippen molar-refractivity contribution in [2.24, 2.45) is 11.8 Å². The molecule has 1 unspecified atom stereocenters. The zero-order valence-corrected chi connectivity index (χ0v) is 11.7. The lowest BCUT2D eigenvalue weighted by atomic mass is 9.89. The zero-order chi connectivity index (χ0) is 13.0. The number of nitrogens with one attached hydrogen (secondary N) is 1. The molecule has 2 heterocycles. The Morgan fingerprint density at radius 2 is 2.06 bits per heavy atom. The van der Waals surface area contributed by atoms with Crippen molar-refractivity contribution in [2.45, 2.75) is 45.6 Å². The molecule has 2 aliphatic rings. The third-order valence-corrected chi connectivity index (χ3v) is 4.01. The van der Waals surface area contributed by atoms with Crippen molar-refractivity contribution >= 4 is 6.09 Å². The Labute approximate surface area is 110 Å². The molecule has 2 saturated heterocycles. The number of carbonyl (C=O) groups excluding carboxylic acids is 1. The van der Waals surface area contributed by atoms with E-state index in [1.165, 1.54) is 19.4 Å². The van der Waals surface area contributed by atoms with E-state index >= 15 is 0 Å². The number of amides is 1. The van der Waals surface area contributed by atoms with E-state index in [0.29, 0.717) is 18.6 Å². The summed E-state index contributed by atoms with van der Waals surface area (Å²) in [6.45, 7) is 7.54. The topological polar surface area (TPSA) is 41.6 Å². The van der Waals surface area contributed by atoms with Crippen molar-refractivity contribution in [1.82, 2.24) is 10.2 Å². The van der Waals surface area contributed by atoms with Gasteiger partial charge in [0.05, 0.1) is 6.61 Å². The van der Waals surface area contributed by atoms with Crippen LogP contribution in [-0.4, -0.2) is 43.3 Å². The summed E-state index contributed by atoms with van der Waals surface area (Å²) in [6.07, 6.45) is 4.73. The van der Waals surface area contributed by atoms with Crippen LogP contribution < -0.4 is 5.32 Å². The van der Waals surface area contributed by atoms with E-state index in [4.69, 9.17) is 4.74 Å². The van der Waals surface area contributed by atoms with Gasteiger partial charge in [-0.25, -0.2) is 4.79 Å². The first-order valence-corrected chi connectivity index (χ1v) is 7.32. The van der Waals surface area contributed by atoms with Gasteiger partial charge in [-0.05, 0) is 44.1 Å². The van der Waals surface area contributed by atoms with Gasteiger partial charge in [-0.3, -0.25) is 0 Å². The van der Waals surface area contributed by atoms with E-state index in [2.05, 4.69) is 19.2 Å². The van der Waals surface area contributed by atoms with E-state index in [1.807, 2.05) is 4.90 Å². The van der Waals surface area contributed by atoms with E-state index < -0.39 is 0 Å². The Morgan fingerprint density at radius 1 is 1.33 bits per heavy atom. The maximum absolute atomic E-state index is 11.8. The zero-order valence-electron chi connectivity index (χ0n) is 11.7. The highest BCUT2D eigenvalue weighted by Gasteiger charge is 2.30. The predicted octanol–water partition coefficient (Wildman–Crippen LogP) is 2.24. The van der Waals surface area contributed by atoms with Crippen LogP contribution in [0.5, 0.6) is 0 Å². The summed E-state index contributed by atoms with van der Waals surface area (Å²) < 4.78 is 5.28. The molecule has 18 heavy (non-hydrogen) atoms. The molecule has 0 aliphatic carbocycles. The van der Waals surface area contributed by atoms with Crippen LogP contribution in [0.3, 0.4) is 0 Å². The van der Waals surface area contributed by atoms with Gasteiger partial charge in [0, 0.05) is 19.1 Å². The predicted molar refractivity (Wildman–Crippen MR) is 71.5 cm³/mol. The summed E-state index contributed by atoms with van der Waals surface area (Å²) in [4.78, 5) is 13.7. The number of rotatable bonds is 3. The van der Waals surface area contributed by atoms with Crippen LogP contribution in [0.4, 0.5) is 4.79 Å². The van der Waals surface area contributed by atoms with Crippen LogP contribution in [0.25, 0.3) is 0 Å². The minimum absolute atomic E-state index is 0.124. The molecule has 2 rings (SSSR count). The normalized spacial score (nSPS) is 25.7. The molecule has 2 aliphatic heterocycles. The highest BCUT2D eigenvalue weighted by atomic mass is 16.6. The molecule has 0 saturated carbocycles. The number of ether oxygens (including phenoxy) is 1. The number of piperidine rings is 1. The Bertz CT molecular complexity index is 267. The molecule has 1 N–H and O–H groups in total. The van der Waals surface area contributed by atoms with Gasteiger partial charge in [-0.15, -0.1) is 0 Å². The summed E-state index contributed by atoms with van der Waals surface area (Å²) >= 11 is 0. The fourth-order valence-corrected chi connectivity index (χ4v) is 2.93. The standard InChI is InChI=1S/C14H26N2O2/c1-11(2)10-18-14(17)16-8-5-12(6-9-16)13-4-3-7-15-13/h11-13,15H,3-10H2,1-2H3. The first-order chi connectivity index (χ1) is 8.66. The third-order valence-electron chi connectivity index (χ3n) is 4.01. The van der Waals surface area contributed by atoms with Gasteiger partial charge in [0.2, 0.25) is 0 Å². The molecule has 0 bridgehead atoms. The van der Waals surface area contributed by atoms with Crippen molar-refractivity contribution in [3.05, 3.63) is 0 Å². The van der Waals surface area contributed by atoms with Gasteiger partial charge in [0.15, 0.2) is 0 Å². The maximum atomic E-state index is 11.8. The second-order valence-corrected chi connectivity index (χ2v) is 6.00. The fraction of sp³-hybridized carbons (Fsp3) is 0.929. The molecule has 2 fully saturated rings. The number of carbonyl (C=O) groups is 1. The summed E-state index contributed by atoms with van der Waals surface area (Å²) in [6, 6.07) is 0.693. The van der Waals surface area contributed by atoms with Crippen molar-refractivity contribution in [2.75, 3.05) is 26.2 Å². The van der Waals surface area contributed by atoms with Crippen molar-refractivity contribution in [1.29, 1.82) is 0 Å². The SMILES string of the molecule is CC(C)COC(=O)N1CCC(C2CCCN2)CC1. The smallest absolute Gasteiger partial charge is 0.409 e. The van der Waals surface area contributed by atoms with Crippen LogP contribution in [0, 0.1) is 11.8 Å². The summed E-state index contributed by atoms with van der Waals surface area (Å²) in [5.74, 6) is 1.16. The molecule has 4 nitrogen and oxygen atoms in total. The number of likely N-dealkylation sites (tertiary alicyclic amines) is 1. The average molecular weight is 254 g/mol. The van der Waals surface area contributed by atoms with Crippen molar-refractivity contribution in [3.63, 3.8) is 0 Å². The van der Waals surface area contributed by atoms with Gasteiger partial charge in [-0.2, -0.15) is 0 Å². The fourth-order valence-electron chi connectivity index (χ4n) is 2.93. The monoisotopic (exact) mass is 254 g/mol. The van der Waals surface area contributed by atoms with E-state index in [1.54, 1.807) is 0 Å². The second kappa shape index (κ2) is 6.41. The molecule has 0 radical (unpaired) electrons. The number of hydrogen-bond donors (Lipinski definition) is 1. The Hall–Kier alpha value is -0.770. The molecular formula is C14H26N2O2. The van der Waals surface area contributed by atoms with E-state index in [-0.39, 0.29) is 6.09 Å². The summed E-state index contributed by atoms with van der Waals surface area (Å²) in [7, 11) is 0. The molecule has 0 aromatic heterocycles. The van der Waals surface area contributed by atoms with Crippen molar-refractivity contribution < 1.29 is 9.53 Å². The lowest BCUT2D eigenvalue weighted by Gasteiger charge is -2.34. The Kier molecular flexibility index (Phi) is 4.87. The molecule has 0 aromatic rings. The lowest BCUT2D eigenvalue weighted by molar-refractivity contribution is 0.0759. The number of hydrogen-bond acceptors (Lipinski definition) is 3. The maximum Gasteiger partial charge on any atom is 0.409 e. The number of nitrogens with zero attached hydrogens (tertiary/aromatic N) is 1. The minimum Gasteiger partial charge on any atom is -0.449 e. The molecule has 1 amide bonds. The summed E-state index contributed by atoms with van der Waals surface area (Å²) in [5.41, 5.74) is 0. The van der Waals surface area contributed by atoms with E-state index in [9.17, 15) is 4.79 Å². The third kappa shape index (κ3) is 3.61. The highest BCUT2D eigenvalue weighted by Crippen LogP contribution is 2.25. The van der Waals surface area contributed by atoms with Gasteiger partial charge < -0.3 is 15.0 Å². The van der Waals surface area contributed by atoms with Gasteiger partial charge >= 0.3 is 6.09 Å². The van der Waals surface area contributed by atoms with Crippen LogP contribution in [0.1, 0.15) is 39.5 Å². The largest absolute Gasteiger partial charge is 0.449 e. The highest BCUT2D eigenvalue weighted by molar-refractivity contribution is 5.67. The quantitative estimate of drug-likeness (QED) is 0.840. The molecule has 0 aromatic carbocycles. The van der Waals surface area contributed by atoms with Crippen LogP contribution >= 0.6 is 0 Å². The van der Waals surface area contributed by atoms with Crippen LogP contribution in [0.15, 0.2) is 0 Å². The second-order valence-electron chi connectivity index (χ2n) is 6.00. The molecular weight excluding hydrogens is 228 g/mol. The molecule has 4 heteroatoms. The van der Waals surface area contributed by atoms with Crippen LogP contribution in [0.2, 0.25) is 0 Å². The molecule has 0 spiro atoms. The van der Waals surface area contributed by atoms with E-state index in [0.717, 1.165) is 31.8 Å².